The predicted molar refractivity (Wildman–Crippen MR) is 111 cm³/mol. The van der Waals surface area contributed by atoms with E-state index in [1.54, 1.807) is 24.3 Å². The van der Waals surface area contributed by atoms with Crippen molar-refractivity contribution in [3.05, 3.63) is 68.7 Å². The molecule has 0 N–H and O–H groups in total. The van der Waals surface area contributed by atoms with Crippen molar-refractivity contribution in [1.82, 2.24) is 4.31 Å². The van der Waals surface area contributed by atoms with E-state index >= 15 is 0 Å². The van der Waals surface area contributed by atoms with E-state index in [4.69, 9.17) is 21.6 Å². The number of benzene rings is 2. The van der Waals surface area contributed by atoms with E-state index in [1.807, 2.05) is 6.07 Å². The first-order valence-electron chi connectivity index (χ1n) is 9.32. The number of carbonyl (C=O) groups excluding carboxylic acids is 1. The molecule has 1 aliphatic rings. The van der Waals surface area contributed by atoms with Crippen molar-refractivity contribution in [3.63, 3.8) is 0 Å². The highest BCUT2D eigenvalue weighted by Crippen LogP contribution is 2.31. The molecule has 0 radical (unpaired) electrons. The molecule has 0 amide bonds. The van der Waals surface area contributed by atoms with Crippen LogP contribution in [0.2, 0.25) is 5.02 Å². The molecule has 9 nitrogen and oxygen atoms in total. The molecule has 31 heavy (non-hydrogen) atoms. The van der Waals surface area contributed by atoms with Crippen molar-refractivity contribution in [2.75, 3.05) is 13.1 Å². The number of piperidine rings is 1. The minimum absolute atomic E-state index is 0.0373. The number of nitro groups is 1. The summed E-state index contributed by atoms with van der Waals surface area (Å²) in [6.45, 7) is 0.0657. The topological polar surface area (TPSA) is 131 Å². The molecule has 0 saturated carbocycles. The zero-order valence-corrected chi connectivity index (χ0v) is 17.8. The van der Waals surface area contributed by atoms with E-state index < -0.39 is 26.8 Å². The Hall–Kier alpha value is -3.00. The number of ether oxygens (including phenoxy) is 1. The molecule has 0 atom stereocenters. The fourth-order valence-electron chi connectivity index (χ4n) is 3.30. The molecule has 0 unspecified atom stereocenters. The lowest BCUT2D eigenvalue weighted by molar-refractivity contribution is -0.385. The first-order valence-corrected chi connectivity index (χ1v) is 11.1. The molecule has 0 aliphatic carbocycles. The molecule has 162 valence electrons. The third kappa shape index (κ3) is 5.02. The number of nitro benzene ring substituents is 1. The van der Waals surface area contributed by atoms with Gasteiger partial charge in [-0.15, -0.1) is 0 Å². The Morgan fingerprint density at radius 1 is 1.26 bits per heavy atom. The third-order valence-electron chi connectivity index (χ3n) is 5.04. The summed E-state index contributed by atoms with van der Waals surface area (Å²) in [5, 5.41) is 20.0. The standard InChI is InChI=1S/C20H18ClN3O6S/c21-18-6-5-17(24(26)27)11-19(18)31(28,29)23-9-7-14(8-10-23)20(25)30-13-16-4-2-1-3-15(16)12-22/h1-6,11,14H,7-10,13H2. The minimum Gasteiger partial charge on any atom is -0.461 e. The average molecular weight is 464 g/mol. The van der Waals surface area contributed by atoms with Crippen molar-refractivity contribution >= 4 is 33.3 Å². The van der Waals surface area contributed by atoms with Crippen LogP contribution in [0.3, 0.4) is 0 Å². The summed E-state index contributed by atoms with van der Waals surface area (Å²) < 4.78 is 32.3. The highest BCUT2D eigenvalue weighted by Gasteiger charge is 2.34. The summed E-state index contributed by atoms with van der Waals surface area (Å²) in [5.74, 6) is -0.945. The summed E-state index contributed by atoms with van der Waals surface area (Å²) in [6, 6.07) is 12.1. The molecule has 2 aromatic carbocycles. The van der Waals surface area contributed by atoms with Crippen LogP contribution in [0.15, 0.2) is 47.4 Å². The monoisotopic (exact) mass is 463 g/mol. The first-order chi connectivity index (χ1) is 14.7. The third-order valence-corrected chi connectivity index (χ3v) is 7.42. The molecule has 2 aromatic rings. The quantitative estimate of drug-likeness (QED) is 0.365. The summed E-state index contributed by atoms with van der Waals surface area (Å²) >= 11 is 5.98. The van der Waals surface area contributed by atoms with E-state index in [-0.39, 0.29) is 48.1 Å². The van der Waals surface area contributed by atoms with E-state index in [0.29, 0.717) is 11.1 Å². The van der Waals surface area contributed by atoms with Gasteiger partial charge in [0.25, 0.3) is 5.69 Å². The van der Waals surface area contributed by atoms with E-state index in [2.05, 4.69) is 0 Å². The average Bonchev–Trinajstić information content (AvgIpc) is 2.77. The fourth-order valence-corrected chi connectivity index (χ4v) is 5.26. The van der Waals surface area contributed by atoms with Gasteiger partial charge in [0, 0.05) is 30.8 Å². The summed E-state index contributed by atoms with van der Waals surface area (Å²) in [6.07, 6.45) is 0.481. The van der Waals surface area contributed by atoms with Crippen LogP contribution in [0.25, 0.3) is 0 Å². The minimum atomic E-state index is -4.05. The van der Waals surface area contributed by atoms with Gasteiger partial charge in [0.05, 0.1) is 27.5 Å². The Morgan fingerprint density at radius 3 is 2.58 bits per heavy atom. The van der Waals surface area contributed by atoms with Crippen LogP contribution in [-0.4, -0.2) is 36.7 Å². The van der Waals surface area contributed by atoms with Crippen molar-refractivity contribution in [2.45, 2.75) is 24.3 Å². The lowest BCUT2D eigenvalue weighted by atomic mass is 9.98. The lowest BCUT2D eigenvalue weighted by Gasteiger charge is -2.30. The Balaban J connectivity index is 1.64. The maximum atomic E-state index is 12.9. The number of rotatable bonds is 6. The Kier molecular flexibility index (Phi) is 6.90. The van der Waals surface area contributed by atoms with E-state index in [9.17, 15) is 23.3 Å². The highest BCUT2D eigenvalue weighted by molar-refractivity contribution is 7.89. The number of hydrogen-bond donors (Lipinski definition) is 0. The van der Waals surface area contributed by atoms with E-state index in [0.717, 1.165) is 16.4 Å². The number of non-ortho nitro benzene ring substituents is 1. The maximum absolute atomic E-state index is 12.9. The number of esters is 1. The Labute approximate surface area is 184 Å². The number of nitrogens with zero attached hydrogens (tertiary/aromatic N) is 3. The van der Waals surface area contributed by atoms with Gasteiger partial charge in [-0.1, -0.05) is 29.8 Å². The van der Waals surface area contributed by atoms with Gasteiger partial charge in [0.15, 0.2) is 0 Å². The molecule has 3 rings (SSSR count). The number of hydrogen-bond acceptors (Lipinski definition) is 7. The van der Waals surface area contributed by atoms with Crippen LogP contribution in [-0.2, 0) is 26.2 Å². The van der Waals surface area contributed by atoms with Crippen LogP contribution < -0.4 is 0 Å². The van der Waals surface area contributed by atoms with Crippen LogP contribution in [0.5, 0.6) is 0 Å². The zero-order chi connectivity index (χ0) is 22.6. The number of carbonyl (C=O) groups is 1. The van der Waals surface area contributed by atoms with Gasteiger partial charge in [0.1, 0.15) is 11.5 Å². The summed E-state index contributed by atoms with van der Waals surface area (Å²) in [5.41, 5.74) is 0.641. The van der Waals surface area contributed by atoms with E-state index in [1.165, 1.54) is 6.07 Å². The summed E-state index contributed by atoms with van der Waals surface area (Å²) in [7, 11) is -4.05. The largest absolute Gasteiger partial charge is 0.461 e. The van der Waals surface area contributed by atoms with Gasteiger partial charge < -0.3 is 4.74 Å². The second-order valence-corrected chi connectivity index (χ2v) is 9.24. The zero-order valence-electron chi connectivity index (χ0n) is 16.2. The molecule has 1 aliphatic heterocycles. The van der Waals surface area contributed by atoms with Crippen LogP contribution in [0.4, 0.5) is 5.69 Å². The van der Waals surface area contributed by atoms with Crippen LogP contribution >= 0.6 is 11.6 Å². The van der Waals surface area contributed by atoms with Crippen LogP contribution in [0.1, 0.15) is 24.0 Å². The van der Waals surface area contributed by atoms with Gasteiger partial charge >= 0.3 is 5.97 Å². The molecule has 0 spiro atoms. The predicted octanol–water partition coefficient (Wildman–Crippen LogP) is 3.26. The van der Waals surface area contributed by atoms with Gasteiger partial charge in [-0.2, -0.15) is 9.57 Å². The Bertz CT molecular complexity index is 1150. The van der Waals surface area contributed by atoms with Crippen LogP contribution in [0, 0.1) is 27.4 Å². The number of sulfonamides is 1. The smallest absolute Gasteiger partial charge is 0.309 e. The van der Waals surface area contributed by atoms with Gasteiger partial charge in [-0.25, -0.2) is 8.42 Å². The molecule has 1 heterocycles. The normalized spacial score (nSPS) is 15.2. The van der Waals surface area contributed by atoms with Gasteiger partial charge in [0.2, 0.25) is 10.0 Å². The van der Waals surface area contributed by atoms with Crippen molar-refractivity contribution in [1.29, 1.82) is 5.26 Å². The molecule has 0 bridgehead atoms. The molecular weight excluding hydrogens is 446 g/mol. The van der Waals surface area contributed by atoms with Crippen molar-refractivity contribution < 1.29 is 22.9 Å². The second-order valence-electron chi connectivity index (χ2n) is 6.93. The van der Waals surface area contributed by atoms with Gasteiger partial charge in [-0.05, 0) is 25.0 Å². The SMILES string of the molecule is N#Cc1ccccc1COC(=O)C1CCN(S(=O)(=O)c2cc([N+](=O)[O-])ccc2Cl)CC1. The highest BCUT2D eigenvalue weighted by atomic mass is 35.5. The molecule has 1 fully saturated rings. The van der Waals surface area contributed by atoms with Crippen molar-refractivity contribution in [3.8, 4) is 6.07 Å². The first kappa shape index (κ1) is 22.7. The Morgan fingerprint density at radius 2 is 1.94 bits per heavy atom. The maximum Gasteiger partial charge on any atom is 0.309 e. The second kappa shape index (κ2) is 9.43. The number of nitriles is 1. The molecular formula is C20H18ClN3O6S. The molecule has 11 heteroatoms. The molecule has 1 saturated heterocycles. The molecule has 0 aromatic heterocycles. The fraction of sp³-hybridized carbons (Fsp3) is 0.300. The van der Waals surface area contributed by atoms with Gasteiger partial charge in [-0.3, -0.25) is 14.9 Å². The summed E-state index contributed by atoms with van der Waals surface area (Å²) in [4.78, 5) is 22.3. The number of halogens is 1. The lowest BCUT2D eigenvalue weighted by Crippen LogP contribution is -2.40. The van der Waals surface area contributed by atoms with Crippen molar-refractivity contribution in [2.24, 2.45) is 5.92 Å².